The van der Waals surface area contributed by atoms with Gasteiger partial charge < -0.3 is 9.53 Å². The van der Waals surface area contributed by atoms with Crippen molar-refractivity contribution in [1.82, 2.24) is 4.98 Å². The van der Waals surface area contributed by atoms with Gasteiger partial charge in [-0.1, -0.05) is 26.8 Å². The van der Waals surface area contributed by atoms with Crippen molar-refractivity contribution in [2.75, 3.05) is 0 Å². The van der Waals surface area contributed by atoms with Crippen LogP contribution in [-0.2, 0) is 11.2 Å². The first kappa shape index (κ1) is 14.7. The van der Waals surface area contributed by atoms with Crippen molar-refractivity contribution in [2.45, 2.75) is 45.3 Å². The summed E-state index contributed by atoms with van der Waals surface area (Å²) < 4.78 is 6.06. The summed E-state index contributed by atoms with van der Waals surface area (Å²) in [6, 6.07) is 3.49. The molecule has 0 aromatic carbocycles. The van der Waals surface area contributed by atoms with E-state index in [-0.39, 0.29) is 11.5 Å². The number of carboxylic acids is 1. The van der Waals surface area contributed by atoms with Gasteiger partial charge in [0.2, 0.25) is 5.88 Å². The molecule has 0 aliphatic rings. The predicted molar refractivity (Wildman–Crippen MR) is 73.4 cm³/mol. The Hall–Kier alpha value is -1.36. The molecule has 0 saturated carbocycles. The fraction of sp³-hybridized carbons (Fsp3) is 0.538. The molecular formula is C13H21NO3Si. The van der Waals surface area contributed by atoms with Gasteiger partial charge in [-0.3, -0.25) is 4.79 Å². The average molecular weight is 267 g/mol. The fourth-order valence-electron chi connectivity index (χ4n) is 1.21. The summed E-state index contributed by atoms with van der Waals surface area (Å²) in [4.78, 5) is 15.0. The second-order valence-corrected chi connectivity index (χ2v) is 10.6. The van der Waals surface area contributed by atoms with Gasteiger partial charge in [-0.25, -0.2) is 4.98 Å². The minimum absolute atomic E-state index is 0.0577. The smallest absolute Gasteiger partial charge is 0.308 e. The summed E-state index contributed by atoms with van der Waals surface area (Å²) in [6.07, 6.45) is 1.58. The third-order valence-corrected chi connectivity index (χ3v) is 7.67. The van der Waals surface area contributed by atoms with Gasteiger partial charge in [0.05, 0.1) is 6.42 Å². The number of pyridine rings is 1. The molecular weight excluding hydrogens is 246 g/mol. The predicted octanol–water partition coefficient (Wildman–Crippen LogP) is 3.09. The van der Waals surface area contributed by atoms with Crippen molar-refractivity contribution in [3.63, 3.8) is 0 Å². The molecule has 4 nitrogen and oxygen atoms in total. The molecule has 0 aliphatic heterocycles. The van der Waals surface area contributed by atoms with Gasteiger partial charge in [0.25, 0.3) is 8.32 Å². The highest BCUT2D eigenvalue weighted by molar-refractivity contribution is 6.74. The minimum Gasteiger partial charge on any atom is -0.530 e. The van der Waals surface area contributed by atoms with E-state index in [1.807, 2.05) is 0 Å². The molecule has 1 aromatic rings. The van der Waals surface area contributed by atoms with E-state index in [1.165, 1.54) is 0 Å². The number of carboxylic acid groups (broad SMARTS) is 1. The van der Waals surface area contributed by atoms with Gasteiger partial charge in [-0.15, -0.1) is 0 Å². The molecule has 0 atom stereocenters. The number of nitrogens with zero attached hydrogens (tertiary/aromatic N) is 1. The van der Waals surface area contributed by atoms with Gasteiger partial charge >= 0.3 is 5.97 Å². The Bertz CT molecular complexity index is 438. The zero-order valence-electron chi connectivity index (χ0n) is 11.7. The first-order chi connectivity index (χ1) is 8.13. The van der Waals surface area contributed by atoms with Gasteiger partial charge in [0.15, 0.2) is 0 Å². The SMILES string of the molecule is CC(C)(C)[Si](C)(C)Oc1ncccc1CC(=O)O. The minimum atomic E-state index is -1.98. The number of carbonyl (C=O) groups is 1. The largest absolute Gasteiger partial charge is 0.530 e. The van der Waals surface area contributed by atoms with Crippen molar-refractivity contribution >= 4 is 14.3 Å². The van der Waals surface area contributed by atoms with Crippen molar-refractivity contribution in [3.8, 4) is 5.88 Å². The number of aromatic nitrogens is 1. The first-order valence-electron chi connectivity index (χ1n) is 5.98. The molecule has 0 radical (unpaired) electrons. The van der Waals surface area contributed by atoms with E-state index in [4.69, 9.17) is 9.53 Å². The lowest BCUT2D eigenvalue weighted by atomic mass is 10.2. The molecule has 0 bridgehead atoms. The van der Waals surface area contributed by atoms with Crippen LogP contribution < -0.4 is 4.43 Å². The molecule has 0 unspecified atom stereocenters. The van der Waals surface area contributed by atoms with Crippen LogP contribution in [0.15, 0.2) is 18.3 Å². The molecule has 100 valence electrons. The number of hydrogen-bond acceptors (Lipinski definition) is 3. The lowest BCUT2D eigenvalue weighted by Crippen LogP contribution is -2.44. The zero-order chi connectivity index (χ0) is 14.0. The fourth-order valence-corrected chi connectivity index (χ4v) is 2.18. The lowest BCUT2D eigenvalue weighted by Gasteiger charge is -2.36. The summed E-state index contributed by atoms with van der Waals surface area (Å²) in [5, 5.41) is 8.94. The summed E-state index contributed by atoms with van der Waals surface area (Å²) in [5.74, 6) is -0.408. The molecule has 0 spiro atoms. The van der Waals surface area contributed by atoms with Gasteiger partial charge in [-0.05, 0) is 24.2 Å². The third kappa shape index (κ3) is 3.56. The number of aliphatic carboxylic acids is 1. The van der Waals surface area contributed by atoms with E-state index in [9.17, 15) is 4.79 Å². The van der Waals surface area contributed by atoms with Gasteiger partial charge in [0, 0.05) is 11.8 Å². The van der Waals surface area contributed by atoms with Crippen LogP contribution >= 0.6 is 0 Å². The maximum absolute atomic E-state index is 10.8. The van der Waals surface area contributed by atoms with E-state index in [0.29, 0.717) is 11.4 Å². The summed E-state index contributed by atoms with van der Waals surface area (Å²) >= 11 is 0. The summed E-state index contributed by atoms with van der Waals surface area (Å²) in [6.45, 7) is 10.6. The number of rotatable bonds is 4. The highest BCUT2D eigenvalue weighted by Gasteiger charge is 2.39. The standard InChI is InChI=1S/C13H21NO3Si/c1-13(2,3)18(4,5)17-12-10(9-11(15)16)7-6-8-14-12/h6-8H,9H2,1-5H3,(H,15,16). The van der Waals surface area contributed by atoms with E-state index >= 15 is 0 Å². The van der Waals surface area contributed by atoms with Crippen LogP contribution in [0.25, 0.3) is 0 Å². The maximum atomic E-state index is 10.8. The third-order valence-electron chi connectivity index (χ3n) is 3.35. The zero-order valence-corrected chi connectivity index (χ0v) is 12.7. The molecule has 0 fully saturated rings. The van der Waals surface area contributed by atoms with Crippen molar-refractivity contribution in [3.05, 3.63) is 23.9 Å². The van der Waals surface area contributed by atoms with Gasteiger partial charge in [-0.2, -0.15) is 0 Å². The van der Waals surface area contributed by atoms with E-state index in [2.05, 4.69) is 38.8 Å². The molecule has 0 saturated heterocycles. The van der Waals surface area contributed by atoms with E-state index in [0.717, 1.165) is 0 Å². The molecule has 18 heavy (non-hydrogen) atoms. The Labute approximate surface area is 109 Å². The Kier molecular flexibility index (Phi) is 4.16. The second kappa shape index (κ2) is 5.10. The Morgan fingerprint density at radius 1 is 1.44 bits per heavy atom. The summed E-state index contributed by atoms with van der Waals surface area (Å²) in [7, 11) is -1.98. The Balaban J connectivity index is 3.01. The average Bonchev–Trinajstić information content (AvgIpc) is 2.18. The van der Waals surface area contributed by atoms with E-state index < -0.39 is 14.3 Å². The first-order valence-corrected chi connectivity index (χ1v) is 8.89. The molecule has 1 N–H and O–H groups in total. The molecule has 5 heteroatoms. The van der Waals surface area contributed by atoms with Gasteiger partial charge in [0.1, 0.15) is 0 Å². The van der Waals surface area contributed by atoms with Crippen LogP contribution in [0.3, 0.4) is 0 Å². The lowest BCUT2D eigenvalue weighted by molar-refractivity contribution is -0.136. The monoisotopic (exact) mass is 267 g/mol. The molecule has 1 rings (SSSR count). The van der Waals surface area contributed by atoms with Crippen molar-refractivity contribution in [1.29, 1.82) is 0 Å². The van der Waals surface area contributed by atoms with E-state index in [1.54, 1.807) is 18.3 Å². The van der Waals surface area contributed by atoms with Crippen LogP contribution in [0.4, 0.5) is 0 Å². The van der Waals surface area contributed by atoms with Crippen molar-refractivity contribution < 1.29 is 14.3 Å². The van der Waals surface area contributed by atoms with Crippen LogP contribution in [0.5, 0.6) is 5.88 Å². The number of hydrogen-bond donors (Lipinski definition) is 1. The molecule has 0 aliphatic carbocycles. The van der Waals surface area contributed by atoms with Crippen LogP contribution in [-0.4, -0.2) is 24.4 Å². The Morgan fingerprint density at radius 2 is 2.06 bits per heavy atom. The highest BCUT2D eigenvalue weighted by atomic mass is 28.4. The quantitative estimate of drug-likeness (QED) is 0.852. The van der Waals surface area contributed by atoms with Crippen LogP contribution in [0.1, 0.15) is 26.3 Å². The normalized spacial score (nSPS) is 12.3. The molecule has 1 heterocycles. The second-order valence-electron chi connectivity index (χ2n) is 5.90. The topological polar surface area (TPSA) is 59.4 Å². The van der Waals surface area contributed by atoms with Crippen LogP contribution in [0.2, 0.25) is 18.1 Å². The highest BCUT2D eigenvalue weighted by Crippen LogP contribution is 2.37. The summed E-state index contributed by atoms with van der Waals surface area (Å²) in [5.41, 5.74) is 0.634. The molecule has 0 amide bonds. The van der Waals surface area contributed by atoms with Crippen LogP contribution in [0, 0.1) is 0 Å². The maximum Gasteiger partial charge on any atom is 0.308 e. The van der Waals surface area contributed by atoms with Crippen molar-refractivity contribution in [2.24, 2.45) is 0 Å². The Morgan fingerprint density at radius 3 is 2.56 bits per heavy atom. The molecule has 1 aromatic heterocycles.